The number of carbonyl (C=O) groups is 2. The summed E-state index contributed by atoms with van der Waals surface area (Å²) in [5.41, 5.74) is -0.389. The number of carbonyl (C=O) groups excluding carboxylic acids is 2. The summed E-state index contributed by atoms with van der Waals surface area (Å²) in [7, 11) is 2.03. The molecule has 7 heteroatoms. The molecule has 1 aromatic carbocycles. The van der Waals surface area contributed by atoms with E-state index in [1.54, 1.807) is 0 Å². The van der Waals surface area contributed by atoms with E-state index in [2.05, 4.69) is 15.2 Å². The van der Waals surface area contributed by atoms with Crippen LogP contribution in [0.4, 0.5) is 8.78 Å². The summed E-state index contributed by atoms with van der Waals surface area (Å²) in [6.07, 6.45) is 3.00. The highest BCUT2D eigenvalue weighted by molar-refractivity contribution is 6.10. The quantitative estimate of drug-likeness (QED) is 0.835. The van der Waals surface area contributed by atoms with Gasteiger partial charge in [0.2, 0.25) is 0 Å². The van der Waals surface area contributed by atoms with Crippen LogP contribution in [-0.4, -0.2) is 47.8 Å². The Bertz CT molecular complexity index is 775. The third-order valence-corrected chi connectivity index (χ3v) is 4.43. The van der Waals surface area contributed by atoms with E-state index in [-0.39, 0.29) is 23.2 Å². The third-order valence-electron chi connectivity index (χ3n) is 4.43. The van der Waals surface area contributed by atoms with Gasteiger partial charge in [0.15, 0.2) is 5.78 Å². The van der Waals surface area contributed by atoms with Gasteiger partial charge in [-0.1, -0.05) is 6.07 Å². The van der Waals surface area contributed by atoms with E-state index < -0.39 is 23.0 Å². The molecule has 1 aliphatic heterocycles. The molecule has 0 saturated carbocycles. The largest absolute Gasteiger partial charge is 0.356 e. The number of amides is 1. The number of benzene rings is 1. The van der Waals surface area contributed by atoms with Gasteiger partial charge >= 0.3 is 0 Å². The van der Waals surface area contributed by atoms with Crippen LogP contribution in [0.3, 0.4) is 0 Å². The van der Waals surface area contributed by atoms with Crippen LogP contribution in [-0.2, 0) is 0 Å². The lowest BCUT2D eigenvalue weighted by Gasteiger charge is -2.29. The fourth-order valence-corrected chi connectivity index (χ4v) is 2.93. The van der Waals surface area contributed by atoms with Crippen molar-refractivity contribution in [2.75, 3.05) is 20.1 Å². The minimum Gasteiger partial charge on any atom is -0.356 e. The molecule has 0 unspecified atom stereocenters. The lowest BCUT2D eigenvalue weighted by atomic mass is 10.0. The first-order valence-corrected chi connectivity index (χ1v) is 8.12. The number of rotatable bonds is 4. The number of aromatic nitrogens is 1. The predicted molar refractivity (Wildman–Crippen MR) is 88.6 cm³/mol. The Morgan fingerprint density at radius 3 is 2.48 bits per heavy atom. The van der Waals surface area contributed by atoms with Crippen molar-refractivity contribution < 1.29 is 18.4 Å². The maximum absolute atomic E-state index is 13.7. The van der Waals surface area contributed by atoms with Gasteiger partial charge in [-0.15, -0.1) is 0 Å². The van der Waals surface area contributed by atoms with Crippen LogP contribution in [0.25, 0.3) is 0 Å². The zero-order chi connectivity index (χ0) is 18.0. The number of likely N-dealkylation sites (tertiary alicyclic amines) is 1. The van der Waals surface area contributed by atoms with Gasteiger partial charge in [-0.25, -0.2) is 8.78 Å². The van der Waals surface area contributed by atoms with E-state index in [4.69, 9.17) is 0 Å². The molecule has 0 spiro atoms. The Morgan fingerprint density at radius 2 is 1.84 bits per heavy atom. The molecule has 3 rings (SSSR count). The molecular weight excluding hydrogens is 328 g/mol. The van der Waals surface area contributed by atoms with E-state index in [0.29, 0.717) is 0 Å². The van der Waals surface area contributed by atoms with Crippen LogP contribution >= 0.6 is 0 Å². The highest BCUT2D eigenvalue weighted by Gasteiger charge is 2.23. The molecule has 1 aromatic heterocycles. The van der Waals surface area contributed by atoms with Crippen molar-refractivity contribution >= 4 is 11.7 Å². The van der Waals surface area contributed by atoms with E-state index in [1.165, 1.54) is 18.3 Å². The second-order valence-electron chi connectivity index (χ2n) is 6.28. The summed E-state index contributed by atoms with van der Waals surface area (Å²) in [4.78, 5) is 29.5. The van der Waals surface area contributed by atoms with Crippen LogP contribution in [0.5, 0.6) is 0 Å². The Hall–Kier alpha value is -2.54. The minimum absolute atomic E-state index is 0.0394. The second-order valence-corrected chi connectivity index (χ2v) is 6.28. The maximum Gasteiger partial charge on any atom is 0.267 e. The molecule has 5 nitrogen and oxygen atoms in total. The van der Waals surface area contributed by atoms with Crippen LogP contribution in [0, 0.1) is 11.6 Å². The van der Waals surface area contributed by atoms with E-state index in [1.807, 2.05) is 7.05 Å². The van der Waals surface area contributed by atoms with Crippen LogP contribution in [0.2, 0.25) is 0 Å². The molecule has 1 aliphatic rings. The predicted octanol–water partition coefficient (Wildman–Crippen LogP) is 2.35. The Balaban J connectivity index is 1.71. The molecule has 25 heavy (non-hydrogen) atoms. The number of H-pyrrole nitrogens is 1. The number of ketones is 1. The zero-order valence-corrected chi connectivity index (χ0v) is 13.8. The Morgan fingerprint density at radius 1 is 1.20 bits per heavy atom. The number of nitrogens with one attached hydrogen (secondary N) is 2. The SMILES string of the molecule is CN1CCC(NC(=O)c2cc(C(=O)c3c(F)cccc3F)c[nH]2)CC1. The first-order chi connectivity index (χ1) is 12.0. The first kappa shape index (κ1) is 17.3. The van der Waals surface area contributed by atoms with E-state index in [0.717, 1.165) is 38.1 Å². The molecule has 132 valence electrons. The van der Waals surface area contributed by atoms with E-state index >= 15 is 0 Å². The third kappa shape index (κ3) is 3.76. The van der Waals surface area contributed by atoms with Gasteiger partial charge < -0.3 is 15.2 Å². The summed E-state index contributed by atoms with van der Waals surface area (Å²) in [5.74, 6) is -2.99. The first-order valence-electron chi connectivity index (χ1n) is 8.12. The van der Waals surface area contributed by atoms with Crippen molar-refractivity contribution in [3.8, 4) is 0 Å². The average Bonchev–Trinajstić information content (AvgIpc) is 3.07. The van der Waals surface area contributed by atoms with Crippen molar-refractivity contribution in [2.24, 2.45) is 0 Å². The molecule has 0 radical (unpaired) electrons. The number of nitrogens with zero attached hydrogens (tertiary/aromatic N) is 1. The monoisotopic (exact) mass is 347 g/mol. The van der Waals surface area contributed by atoms with Gasteiger partial charge in [-0.05, 0) is 51.2 Å². The van der Waals surface area contributed by atoms with Crippen molar-refractivity contribution in [1.29, 1.82) is 0 Å². The molecular formula is C18H19F2N3O2. The Labute approximate surface area is 144 Å². The molecule has 0 aliphatic carbocycles. The zero-order valence-electron chi connectivity index (χ0n) is 13.8. The minimum atomic E-state index is -0.927. The molecule has 0 bridgehead atoms. The van der Waals surface area contributed by atoms with Crippen LogP contribution in [0.1, 0.15) is 39.3 Å². The van der Waals surface area contributed by atoms with Gasteiger partial charge in [-0.3, -0.25) is 9.59 Å². The van der Waals surface area contributed by atoms with Gasteiger partial charge in [0.25, 0.3) is 5.91 Å². The van der Waals surface area contributed by atoms with Crippen LogP contribution < -0.4 is 5.32 Å². The van der Waals surface area contributed by atoms with Crippen molar-refractivity contribution in [2.45, 2.75) is 18.9 Å². The highest BCUT2D eigenvalue weighted by atomic mass is 19.1. The second kappa shape index (κ2) is 7.14. The topological polar surface area (TPSA) is 65.2 Å². The fraction of sp³-hybridized carbons (Fsp3) is 0.333. The molecule has 0 atom stereocenters. The smallest absolute Gasteiger partial charge is 0.267 e. The molecule has 1 saturated heterocycles. The van der Waals surface area contributed by atoms with Gasteiger partial charge in [0, 0.05) is 17.8 Å². The normalized spacial score (nSPS) is 16.0. The summed E-state index contributed by atoms with van der Waals surface area (Å²) >= 11 is 0. The maximum atomic E-state index is 13.7. The highest BCUT2D eigenvalue weighted by Crippen LogP contribution is 2.18. The number of piperidine rings is 1. The molecule has 1 amide bonds. The standard InChI is InChI=1S/C18H19F2N3O2/c1-23-7-5-12(6-8-23)22-18(25)15-9-11(10-21-15)17(24)16-13(19)3-2-4-14(16)20/h2-4,9-10,12,21H,5-8H2,1H3,(H,22,25). The number of hydrogen-bond acceptors (Lipinski definition) is 3. The van der Waals surface area contributed by atoms with Crippen LogP contribution in [0.15, 0.2) is 30.5 Å². The molecule has 2 N–H and O–H groups in total. The molecule has 1 fully saturated rings. The number of halogens is 2. The summed E-state index contributed by atoms with van der Waals surface area (Å²) < 4.78 is 27.5. The summed E-state index contributed by atoms with van der Waals surface area (Å²) in [6, 6.07) is 4.64. The van der Waals surface area contributed by atoms with Crippen molar-refractivity contribution in [3.63, 3.8) is 0 Å². The van der Waals surface area contributed by atoms with E-state index in [9.17, 15) is 18.4 Å². The van der Waals surface area contributed by atoms with Gasteiger partial charge in [0.1, 0.15) is 17.3 Å². The number of aromatic amines is 1. The summed E-state index contributed by atoms with van der Waals surface area (Å²) in [5, 5.41) is 2.91. The van der Waals surface area contributed by atoms with Crippen molar-refractivity contribution in [1.82, 2.24) is 15.2 Å². The molecule has 2 aromatic rings. The van der Waals surface area contributed by atoms with Gasteiger partial charge in [0.05, 0.1) is 5.56 Å². The number of hydrogen-bond donors (Lipinski definition) is 2. The average molecular weight is 347 g/mol. The Kier molecular flexibility index (Phi) is 4.94. The lowest BCUT2D eigenvalue weighted by Crippen LogP contribution is -2.43. The summed E-state index contributed by atoms with van der Waals surface area (Å²) in [6.45, 7) is 1.82. The lowest BCUT2D eigenvalue weighted by molar-refractivity contribution is 0.0912. The van der Waals surface area contributed by atoms with Gasteiger partial charge in [-0.2, -0.15) is 0 Å². The fourth-order valence-electron chi connectivity index (χ4n) is 2.93. The van der Waals surface area contributed by atoms with Crippen molar-refractivity contribution in [3.05, 3.63) is 58.9 Å². The molecule has 2 heterocycles.